The topological polar surface area (TPSA) is 88.4 Å². The van der Waals surface area contributed by atoms with Gasteiger partial charge in [-0.3, -0.25) is 4.79 Å². The van der Waals surface area contributed by atoms with Crippen LogP contribution in [0.5, 0.6) is 5.75 Å². The van der Waals surface area contributed by atoms with Crippen LogP contribution >= 0.6 is 0 Å². The maximum Gasteiger partial charge on any atom is 0.339 e. The Balaban J connectivity index is 1.55. The van der Waals surface area contributed by atoms with Crippen molar-refractivity contribution in [2.45, 2.75) is 52.7 Å². The lowest BCUT2D eigenvalue weighted by Crippen LogP contribution is -2.37. The molecule has 0 fully saturated rings. The van der Waals surface area contributed by atoms with E-state index in [4.69, 9.17) is 9.15 Å². The third kappa shape index (κ3) is 3.52. The predicted molar refractivity (Wildman–Crippen MR) is 109 cm³/mol. The number of imidazole rings is 1. The van der Waals surface area contributed by atoms with Gasteiger partial charge in [0, 0.05) is 35.5 Å². The van der Waals surface area contributed by atoms with Crippen LogP contribution in [0.4, 0.5) is 0 Å². The molecule has 1 atom stereocenters. The molecule has 1 amide bonds. The van der Waals surface area contributed by atoms with Crippen LogP contribution in [0.15, 0.2) is 27.5 Å². The SMILES string of the molecule is Cc1cnc(CN(C)C(=O)C(C)Oc2ccc3c4c(c(=O)oc3c2C)CCC4)[nH]1. The van der Waals surface area contributed by atoms with Crippen LogP contribution in [0.2, 0.25) is 0 Å². The third-order valence-corrected chi connectivity index (χ3v) is 5.51. The van der Waals surface area contributed by atoms with E-state index in [1.54, 1.807) is 25.1 Å². The lowest BCUT2D eigenvalue weighted by atomic mass is 10.0. The molecule has 1 aliphatic carbocycles. The standard InChI is InChI=1S/C22H25N3O4/c1-12-10-23-19(24-12)11-25(4)21(26)14(3)28-18-9-8-16-15-6-5-7-17(15)22(27)29-20(16)13(18)2/h8-10,14H,5-7,11H2,1-4H3,(H,23,24). The van der Waals surface area contributed by atoms with Crippen molar-refractivity contribution in [1.29, 1.82) is 0 Å². The Hall–Kier alpha value is -3.09. The van der Waals surface area contributed by atoms with Crippen molar-refractivity contribution >= 4 is 16.9 Å². The highest BCUT2D eigenvalue weighted by Gasteiger charge is 2.24. The summed E-state index contributed by atoms with van der Waals surface area (Å²) in [5.41, 5.74) is 3.85. The van der Waals surface area contributed by atoms with E-state index >= 15 is 0 Å². The average molecular weight is 395 g/mol. The van der Waals surface area contributed by atoms with Crippen LogP contribution in [-0.2, 0) is 24.2 Å². The number of ether oxygens (including phenoxy) is 1. The van der Waals surface area contributed by atoms with Gasteiger partial charge in [0.25, 0.3) is 5.91 Å². The fraction of sp³-hybridized carbons (Fsp3) is 0.409. The molecule has 0 spiro atoms. The van der Waals surface area contributed by atoms with Crippen molar-refractivity contribution in [2.75, 3.05) is 7.05 Å². The highest BCUT2D eigenvalue weighted by Crippen LogP contribution is 2.33. The van der Waals surface area contributed by atoms with E-state index in [1.807, 2.05) is 26.0 Å². The lowest BCUT2D eigenvalue weighted by molar-refractivity contribution is -0.137. The molecule has 0 bridgehead atoms. The van der Waals surface area contributed by atoms with Gasteiger partial charge in [-0.05, 0) is 57.7 Å². The normalized spacial score (nSPS) is 14.1. The number of nitrogens with one attached hydrogen (secondary N) is 1. The van der Waals surface area contributed by atoms with E-state index in [1.165, 1.54) is 0 Å². The summed E-state index contributed by atoms with van der Waals surface area (Å²) in [6, 6.07) is 3.78. The number of nitrogens with zero attached hydrogens (tertiary/aromatic N) is 2. The number of benzene rings is 1. The van der Waals surface area contributed by atoms with Crippen molar-refractivity contribution in [3.8, 4) is 5.75 Å². The minimum atomic E-state index is -0.687. The first-order valence-electron chi connectivity index (χ1n) is 9.85. The minimum Gasteiger partial charge on any atom is -0.480 e. The number of likely N-dealkylation sites (N-methyl/N-ethyl adjacent to an activating group) is 1. The molecule has 1 aromatic carbocycles. The van der Waals surface area contributed by atoms with E-state index in [-0.39, 0.29) is 11.5 Å². The Morgan fingerprint density at radius 2 is 2.07 bits per heavy atom. The molecule has 0 saturated heterocycles. The lowest BCUT2D eigenvalue weighted by Gasteiger charge is -2.22. The van der Waals surface area contributed by atoms with Crippen molar-refractivity contribution in [3.05, 3.63) is 57.0 Å². The molecule has 4 rings (SSSR count). The van der Waals surface area contributed by atoms with Gasteiger partial charge >= 0.3 is 5.63 Å². The quantitative estimate of drug-likeness (QED) is 0.671. The number of aromatic amines is 1. The van der Waals surface area contributed by atoms with Crippen molar-refractivity contribution in [1.82, 2.24) is 14.9 Å². The summed E-state index contributed by atoms with van der Waals surface area (Å²) in [5, 5.41) is 0.964. The first-order chi connectivity index (χ1) is 13.8. The van der Waals surface area contributed by atoms with Crippen LogP contribution in [0, 0.1) is 13.8 Å². The summed E-state index contributed by atoms with van der Waals surface area (Å²) in [6.45, 7) is 5.86. The maximum atomic E-state index is 12.7. The molecule has 3 aromatic rings. The number of aromatic nitrogens is 2. The molecular weight excluding hydrogens is 370 g/mol. The fourth-order valence-corrected chi connectivity index (χ4v) is 3.99. The zero-order valence-corrected chi connectivity index (χ0v) is 17.2. The fourth-order valence-electron chi connectivity index (χ4n) is 3.99. The Kier molecular flexibility index (Phi) is 4.90. The van der Waals surface area contributed by atoms with Gasteiger partial charge in [0.1, 0.15) is 17.2 Å². The van der Waals surface area contributed by atoms with Crippen LogP contribution in [0.25, 0.3) is 11.0 Å². The predicted octanol–water partition coefficient (Wildman–Crippen LogP) is 3.05. The van der Waals surface area contributed by atoms with Crippen LogP contribution in [0.1, 0.15) is 41.6 Å². The van der Waals surface area contributed by atoms with Crippen LogP contribution < -0.4 is 10.4 Å². The minimum absolute atomic E-state index is 0.158. The number of amides is 1. The molecule has 0 aliphatic heterocycles. The molecule has 2 heterocycles. The van der Waals surface area contributed by atoms with E-state index in [2.05, 4.69) is 9.97 Å². The summed E-state index contributed by atoms with van der Waals surface area (Å²) in [5.74, 6) is 1.11. The van der Waals surface area contributed by atoms with Crippen molar-refractivity contribution in [3.63, 3.8) is 0 Å². The van der Waals surface area contributed by atoms with Crippen molar-refractivity contribution < 1.29 is 13.9 Å². The maximum absolute atomic E-state index is 12.7. The van der Waals surface area contributed by atoms with Gasteiger partial charge in [-0.1, -0.05) is 0 Å². The monoisotopic (exact) mass is 395 g/mol. The highest BCUT2D eigenvalue weighted by atomic mass is 16.5. The summed E-state index contributed by atoms with van der Waals surface area (Å²) in [6.07, 6.45) is 3.69. The number of hydrogen-bond donors (Lipinski definition) is 1. The molecule has 0 radical (unpaired) electrons. The number of hydrogen-bond acceptors (Lipinski definition) is 5. The van der Waals surface area contributed by atoms with Gasteiger partial charge in [0.05, 0.1) is 6.54 Å². The molecule has 0 saturated carbocycles. The third-order valence-electron chi connectivity index (χ3n) is 5.51. The number of carbonyl (C=O) groups excluding carboxylic acids is 1. The zero-order valence-electron chi connectivity index (χ0n) is 17.2. The van der Waals surface area contributed by atoms with Gasteiger partial charge in [-0.2, -0.15) is 0 Å². The van der Waals surface area contributed by atoms with Gasteiger partial charge in [0.2, 0.25) is 0 Å². The molecule has 7 heteroatoms. The first kappa shape index (κ1) is 19.2. The Labute approximate surface area is 168 Å². The Bertz CT molecular complexity index is 1140. The largest absolute Gasteiger partial charge is 0.480 e. The van der Waals surface area contributed by atoms with Crippen LogP contribution in [0.3, 0.4) is 0 Å². The van der Waals surface area contributed by atoms with E-state index in [0.29, 0.717) is 17.9 Å². The van der Waals surface area contributed by atoms with Gasteiger partial charge in [-0.25, -0.2) is 9.78 Å². The van der Waals surface area contributed by atoms with Gasteiger partial charge < -0.3 is 19.0 Å². The highest BCUT2D eigenvalue weighted by molar-refractivity contribution is 5.86. The molecule has 29 heavy (non-hydrogen) atoms. The number of H-pyrrole nitrogens is 1. The Morgan fingerprint density at radius 3 is 2.79 bits per heavy atom. The van der Waals surface area contributed by atoms with Gasteiger partial charge in [-0.15, -0.1) is 0 Å². The molecule has 1 N–H and O–H groups in total. The molecule has 152 valence electrons. The second kappa shape index (κ2) is 7.39. The second-order valence-electron chi connectivity index (χ2n) is 7.73. The smallest absolute Gasteiger partial charge is 0.339 e. The average Bonchev–Trinajstić information content (AvgIpc) is 3.33. The number of carbonyl (C=O) groups is 1. The summed E-state index contributed by atoms with van der Waals surface area (Å²) in [4.78, 5) is 34.0. The molecule has 2 aromatic heterocycles. The van der Waals surface area contributed by atoms with E-state index in [9.17, 15) is 9.59 Å². The molecular formula is C22H25N3O4. The molecule has 1 aliphatic rings. The summed E-state index contributed by atoms with van der Waals surface area (Å²) in [7, 11) is 1.72. The summed E-state index contributed by atoms with van der Waals surface area (Å²) < 4.78 is 11.6. The molecule has 1 unspecified atom stereocenters. The van der Waals surface area contributed by atoms with Gasteiger partial charge in [0.15, 0.2) is 6.10 Å². The number of fused-ring (bicyclic) bond motifs is 3. The Morgan fingerprint density at radius 1 is 1.31 bits per heavy atom. The molecule has 7 nitrogen and oxygen atoms in total. The number of aryl methyl sites for hydroxylation is 3. The number of rotatable bonds is 5. The zero-order chi connectivity index (χ0) is 20.7. The van der Waals surface area contributed by atoms with E-state index < -0.39 is 6.10 Å². The van der Waals surface area contributed by atoms with Crippen LogP contribution in [-0.4, -0.2) is 33.9 Å². The van der Waals surface area contributed by atoms with E-state index in [0.717, 1.165) is 52.9 Å². The van der Waals surface area contributed by atoms with Crippen molar-refractivity contribution in [2.24, 2.45) is 0 Å². The first-order valence-corrected chi connectivity index (χ1v) is 9.85. The summed E-state index contributed by atoms with van der Waals surface area (Å²) >= 11 is 0. The second-order valence-corrected chi connectivity index (χ2v) is 7.73.